The van der Waals surface area contributed by atoms with Gasteiger partial charge in [0.25, 0.3) is 0 Å². The zero-order valence-corrected chi connectivity index (χ0v) is 12.2. The quantitative estimate of drug-likeness (QED) is 0.909. The lowest BCUT2D eigenvalue weighted by Gasteiger charge is -2.07. The first kappa shape index (κ1) is 13.5. The highest BCUT2D eigenvalue weighted by Crippen LogP contribution is 2.36. The lowest BCUT2D eigenvalue weighted by Crippen LogP contribution is -2.11. The van der Waals surface area contributed by atoms with E-state index >= 15 is 0 Å². The lowest BCUT2D eigenvalue weighted by molar-refractivity contribution is -0.137. The SMILES string of the molecule is Cc1ccc2c(c1)c(C1NCCS1)cn2CCC(=O)O. The molecule has 1 unspecified atom stereocenters. The third-order valence-electron chi connectivity index (χ3n) is 3.63. The van der Waals surface area contributed by atoms with Gasteiger partial charge >= 0.3 is 5.97 Å². The normalized spacial score (nSPS) is 18.8. The number of fused-ring (bicyclic) bond motifs is 1. The largest absolute Gasteiger partial charge is 0.481 e. The van der Waals surface area contributed by atoms with Gasteiger partial charge in [0.2, 0.25) is 0 Å². The molecule has 1 aromatic carbocycles. The van der Waals surface area contributed by atoms with Crippen LogP contribution in [0.15, 0.2) is 24.4 Å². The van der Waals surface area contributed by atoms with E-state index < -0.39 is 5.97 Å². The summed E-state index contributed by atoms with van der Waals surface area (Å²) in [6, 6.07) is 6.37. The Kier molecular flexibility index (Phi) is 3.72. The molecule has 0 bridgehead atoms. The number of aliphatic carboxylic acids is 1. The highest BCUT2D eigenvalue weighted by Gasteiger charge is 2.21. The number of hydrogen-bond donors (Lipinski definition) is 2. The molecule has 1 aromatic heterocycles. The molecule has 3 rings (SSSR count). The summed E-state index contributed by atoms with van der Waals surface area (Å²) in [5.74, 6) is 0.368. The summed E-state index contributed by atoms with van der Waals surface area (Å²) < 4.78 is 2.07. The van der Waals surface area contributed by atoms with Crippen LogP contribution in [-0.2, 0) is 11.3 Å². The molecule has 4 nitrogen and oxygen atoms in total. The van der Waals surface area contributed by atoms with Crippen LogP contribution in [0.1, 0.15) is 22.9 Å². The first-order valence-electron chi connectivity index (χ1n) is 6.81. The van der Waals surface area contributed by atoms with Crippen LogP contribution in [0, 0.1) is 6.92 Å². The van der Waals surface area contributed by atoms with Crippen LogP contribution in [0.4, 0.5) is 0 Å². The fourth-order valence-electron chi connectivity index (χ4n) is 2.67. The van der Waals surface area contributed by atoms with Gasteiger partial charge in [0, 0.05) is 41.5 Å². The van der Waals surface area contributed by atoms with E-state index in [0.717, 1.165) is 17.8 Å². The van der Waals surface area contributed by atoms with Gasteiger partial charge in [-0.05, 0) is 19.1 Å². The molecular formula is C15H18N2O2S. The minimum atomic E-state index is -0.756. The van der Waals surface area contributed by atoms with Gasteiger partial charge in [-0.25, -0.2) is 0 Å². The summed E-state index contributed by atoms with van der Waals surface area (Å²) in [7, 11) is 0. The van der Waals surface area contributed by atoms with Crippen molar-refractivity contribution in [2.45, 2.75) is 25.3 Å². The van der Waals surface area contributed by atoms with Crippen LogP contribution in [-0.4, -0.2) is 27.9 Å². The number of aromatic nitrogens is 1. The van der Waals surface area contributed by atoms with E-state index in [1.807, 2.05) is 11.8 Å². The summed E-state index contributed by atoms with van der Waals surface area (Å²) in [6.45, 7) is 3.64. The predicted octanol–water partition coefficient (Wildman–Crippen LogP) is 2.76. The molecule has 1 atom stereocenters. The second-order valence-electron chi connectivity index (χ2n) is 5.15. The van der Waals surface area contributed by atoms with Crippen LogP contribution in [0.3, 0.4) is 0 Å². The Bertz CT molecular complexity index is 645. The van der Waals surface area contributed by atoms with Gasteiger partial charge in [-0.1, -0.05) is 11.6 Å². The molecule has 1 aliphatic rings. The monoisotopic (exact) mass is 290 g/mol. The number of benzene rings is 1. The number of aryl methyl sites for hydroxylation is 2. The number of hydrogen-bond acceptors (Lipinski definition) is 3. The van der Waals surface area contributed by atoms with E-state index in [4.69, 9.17) is 5.11 Å². The predicted molar refractivity (Wildman–Crippen MR) is 82.1 cm³/mol. The maximum atomic E-state index is 10.8. The molecular weight excluding hydrogens is 272 g/mol. The molecule has 1 fully saturated rings. The molecule has 1 saturated heterocycles. The van der Waals surface area contributed by atoms with E-state index in [0.29, 0.717) is 11.9 Å². The van der Waals surface area contributed by atoms with Crippen LogP contribution >= 0.6 is 11.8 Å². The van der Waals surface area contributed by atoms with E-state index in [1.165, 1.54) is 16.5 Å². The number of rotatable bonds is 4. The third kappa shape index (κ3) is 2.55. The fraction of sp³-hybridized carbons (Fsp3) is 0.400. The number of carboxylic acid groups (broad SMARTS) is 1. The van der Waals surface area contributed by atoms with Gasteiger partial charge < -0.3 is 15.0 Å². The van der Waals surface area contributed by atoms with Crippen molar-refractivity contribution in [1.29, 1.82) is 0 Å². The van der Waals surface area contributed by atoms with Crippen molar-refractivity contribution in [3.63, 3.8) is 0 Å². The standard InChI is InChI=1S/C15H18N2O2S/c1-10-2-3-13-11(8-10)12(15-16-5-7-20-15)9-17(13)6-4-14(18)19/h2-3,8-9,15-16H,4-7H2,1H3,(H,18,19). The van der Waals surface area contributed by atoms with Crippen molar-refractivity contribution in [3.8, 4) is 0 Å². The number of thioether (sulfide) groups is 1. The average Bonchev–Trinajstić information content (AvgIpc) is 3.02. The molecule has 1 aliphatic heterocycles. The summed E-state index contributed by atoms with van der Waals surface area (Å²) >= 11 is 1.91. The zero-order chi connectivity index (χ0) is 14.1. The minimum absolute atomic E-state index is 0.155. The highest BCUT2D eigenvalue weighted by molar-refractivity contribution is 7.99. The summed E-state index contributed by atoms with van der Waals surface area (Å²) in [6.07, 6.45) is 2.27. The van der Waals surface area contributed by atoms with Crippen molar-refractivity contribution in [2.24, 2.45) is 0 Å². The third-order valence-corrected chi connectivity index (χ3v) is 4.83. The molecule has 0 radical (unpaired) electrons. The molecule has 106 valence electrons. The van der Waals surface area contributed by atoms with Crippen LogP contribution in [0.5, 0.6) is 0 Å². The summed E-state index contributed by atoms with van der Waals surface area (Å²) in [5, 5.41) is 13.9. The second kappa shape index (κ2) is 5.50. The van der Waals surface area contributed by atoms with Crippen molar-refractivity contribution in [1.82, 2.24) is 9.88 Å². The maximum absolute atomic E-state index is 10.8. The fourth-order valence-corrected chi connectivity index (χ4v) is 3.75. The van der Waals surface area contributed by atoms with Crippen LogP contribution in [0.2, 0.25) is 0 Å². The smallest absolute Gasteiger partial charge is 0.305 e. The van der Waals surface area contributed by atoms with E-state index in [-0.39, 0.29) is 6.42 Å². The highest BCUT2D eigenvalue weighted by atomic mass is 32.2. The van der Waals surface area contributed by atoms with Crippen molar-refractivity contribution >= 4 is 28.6 Å². The Morgan fingerprint density at radius 2 is 2.40 bits per heavy atom. The van der Waals surface area contributed by atoms with Gasteiger partial charge in [-0.2, -0.15) is 0 Å². The molecule has 0 spiro atoms. The molecule has 2 N–H and O–H groups in total. The molecule has 5 heteroatoms. The maximum Gasteiger partial charge on any atom is 0.305 e. The number of nitrogens with zero attached hydrogens (tertiary/aromatic N) is 1. The van der Waals surface area contributed by atoms with Gasteiger partial charge in [0.15, 0.2) is 0 Å². The topological polar surface area (TPSA) is 54.3 Å². The molecule has 0 saturated carbocycles. The molecule has 20 heavy (non-hydrogen) atoms. The first-order valence-corrected chi connectivity index (χ1v) is 7.86. The Balaban J connectivity index is 2.04. The molecule has 0 amide bonds. The van der Waals surface area contributed by atoms with E-state index in [9.17, 15) is 4.79 Å². The number of carboxylic acids is 1. The molecule has 0 aliphatic carbocycles. The number of nitrogens with one attached hydrogen (secondary N) is 1. The Morgan fingerprint density at radius 1 is 1.55 bits per heavy atom. The summed E-state index contributed by atoms with van der Waals surface area (Å²) in [4.78, 5) is 10.8. The van der Waals surface area contributed by atoms with Gasteiger partial charge in [-0.3, -0.25) is 4.79 Å². The Labute approximate surface area is 122 Å². The lowest BCUT2D eigenvalue weighted by atomic mass is 10.1. The number of carbonyl (C=O) groups is 1. The van der Waals surface area contributed by atoms with Crippen LogP contribution in [0.25, 0.3) is 10.9 Å². The first-order chi connectivity index (χ1) is 9.65. The van der Waals surface area contributed by atoms with Crippen molar-refractivity contribution < 1.29 is 9.90 Å². The summed E-state index contributed by atoms with van der Waals surface area (Å²) in [5.41, 5.74) is 3.63. The second-order valence-corrected chi connectivity index (χ2v) is 6.36. The average molecular weight is 290 g/mol. The van der Waals surface area contributed by atoms with Gasteiger partial charge in [-0.15, -0.1) is 11.8 Å². The molecule has 2 aromatic rings. The van der Waals surface area contributed by atoms with E-state index in [2.05, 4.69) is 41.2 Å². The van der Waals surface area contributed by atoms with Crippen molar-refractivity contribution in [2.75, 3.05) is 12.3 Å². The van der Waals surface area contributed by atoms with Gasteiger partial charge in [0.05, 0.1) is 11.8 Å². The van der Waals surface area contributed by atoms with Crippen LogP contribution < -0.4 is 5.32 Å². The Morgan fingerprint density at radius 3 is 3.10 bits per heavy atom. The van der Waals surface area contributed by atoms with Gasteiger partial charge in [0.1, 0.15) is 0 Å². The van der Waals surface area contributed by atoms with E-state index in [1.54, 1.807) is 0 Å². The van der Waals surface area contributed by atoms with Crippen molar-refractivity contribution in [3.05, 3.63) is 35.5 Å². The minimum Gasteiger partial charge on any atom is -0.481 e. The Hall–Kier alpha value is -1.46. The zero-order valence-electron chi connectivity index (χ0n) is 11.4. The molecule has 2 heterocycles.